The van der Waals surface area contributed by atoms with Crippen LogP contribution in [-0.4, -0.2) is 27.5 Å². The lowest BCUT2D eigenvalue weighted by atomic mass is 9.98. The van der Waals surface area contributed by atoms with E-state index in [1.54, 1.807) is 0 Å². The first-order valence-corrected chi connectivity index (χ1v) is 11.6. The molecule has 0 aliphatic rings. The van der Waals surface area contributed by atoms with Gasteiger partial charge in [0, 0.05) is 15.8 Å². The summed E-state index contributed by atoms with van der Waals surface area (Å²) in [7, 11) is 0. The molecule has 3 rings (SSSR count). The van der Waals surface area contributed by atoms with Crippen LogP contribution in [0.25, 0.3) is 11.3 Å². The molecule has 152 valence electrons. The van der Waals surface area contributed by atoms with Crippen LogP contribution in [0.3, 0.4) is 0 Å². The van der Waals surface area contributed by atoms with Gasteiger partial charge in [-0.3, -0.25) is 9.59 Å². The number of benzene rings is 1. The number of rotatable bonds is 7. The van der Waals surface area contributed by atoms with E-state index in [2.05, 4.69) is 48.2 Å². The van der Waals surface area contributed by atoms with Gasteiger partial charge in [0.05, 0.1) is 23.6 Å². The van der Waals surface area contributed by atoms with Gasteiger partial charge < -0.3 is 11.1 Å². The smallest absolute Gasteiger partial charge is 0.236 e. The maximum atomic E-state index is 12.3. The van der Waals surface area contributed by atoms with Crippen molar-refractivity contribution in [2.75, 3.05) is 11.1 Å². The highest BCUT2D eigenvalue weighted by atomic mass is 32.2. The normalized spacial score (nSPS) is 10.9. The van der Waals surface area contributed by atoms with Crippen LogP contribution in [-0.2, 0) is 16.0 Å². The van der Waals surface area contributed by atoms with Crippen LogP contribution >= 0.6 is 34.4 Å². The molecule has 9 heteroatoms. The van der Waals surface area contributed by atoms with E-state index in [1.165, 1.54) is 51.1 Å². The number of nitrogens with two attached hydrogens (primary N) is 1. The highest BCUT2D eigenvalue weighted by molar-refractivity contribution is 8.01. The van der Waals surface area contributed by atoms with Crippen molar-refractivity contribution in [3.8, 4) is 11.3 Å². The third-order valence-corrected chi connectivity index (χ3v) is 7.28. The number of primary amides is 1. The maximum absolute atomic E-state index is 12.3. The number of aromatic nitrogens is 2. The fourth-order valence-corrected chi connectivity index (χ4v) is 5.86. The number of hydrogen-bond acceptors (Lipinski definition) is 7. The monoisotopic (exact) mass is 446 g/mol. The van der Waals surface area contributed by atoms with Gasteiger partial charge >= 0.3 is 0 Å². The summed E-state index contributed by atoms with van der Waals surface area (Å²) in [6.07, 6.45) is 0.177. The van der Waals surface area contributed by atoms with Crippen LogP contribution in [0.2, 0.25) is 0 Å². The summed E-state index contributed by atoms with van der Waals surface area (Å²) in [6, 6.07) is 4.28. The topological polar surface area (TPSA) is 98.0 Å². The zero-order valence-corrected chi connectivity index (χ0v) is 19.1. The highest BCUT2D eigenvalue weighted by Gasteiger charge is 2.14. The van der Waals surface area contributed by atoms with Crippen molar-refractivity contribution in [1.29, 1.82) is 0 Å². The SMILES string of the molecule is Cc1cc(C)c(-c2csc(NC(=O)CSc3nc(C)c(CC(N)=O)s3)n2)c(C)c1. The molecule has 6 nitrogen and oxygen atoms in total. The summed E-state index contributed by atoms with van der Waals surface area (Å²) in [5.41, 5.74) is 11.6. The number of anilines is 1. The van der Waals surface area contributed by atoms with Crippen molar-refractivity contribution in [3.63, 3.8) is 0 Å². The second-order valence-corrected chi connectivity index (χ2v) is 9.94. The molecule has 0 radical (unpaired) electrons. The van der Waals surface area contributed by atoms with E-state index >= 15 is 0 Å². The van der Waals surface area contributed by atoms with E-state index < -0.39 is 0 Å². The minimum absolute atomic E-state index is 0.141. The van der Waals surface area contributed by atoms with Gasteiger partial charge in [-0.2, -0.15) is 0 Å². The van der Waals surface area contributed by atoms with Crippen molar-refractivity contribution >= 4 is 51.4 Å². The molecular formula is C20H22N4O2S3. The van der Waals surface area contributed by atoms with Crippen LogP contribution in [0.1, 0.15) is 27.3 Å². The molecule has 0 bridgehead atoms. The number of nitrogens with zero attached hydrogens (tertiary/aromatic N) is 2. The molecule has 1 aromatic carbocycles. The first-order chi connectivity index (χ1) is 13.7. The zero-order chi connectivity index (χ0) is 21.1. The highest BCUT2D eigenvalue weighted by Crippen LogP contribution is 2.31. The Hall–Kier alpha value is -2.23. The summed E-state index contributed by atoms with van der Waals surface area (Å²) < 4.78 is 0.750. The molecule has 0 aliphatic heterocycles. The van der Waals surface area contributed by atoms with Crippen molar-refractivity contribution in [2.24, 2.45) is 5.73 Å². The third-order valence-electron chi connectivity index (χ3n) is 4.22. The van der Waals surface area contributed by atoms with E-state index in [4.69, 9.17) is 5.73 Å². The molecule has 0 atom stereocenters. The van der Waals surface area contributed by atoms with Crippen LogP contribution in [0.4, 0.5) is 5.13 Å². The number of nitrogens with one attached hydrogen (secondary N) is 1. The maximum Gasteiger partial charge on any atom is 0.236 e. The van der Waals surface area contributed by atoms with Crippen LogP contribution < -0.4 is 11.1 Å². The fraction of sp³-hybridized carbons (Fsp3) is 0.300. The molecule has 3 N–H and O–H groups in total. The number of carbonyl (C=O) groups is 2. The van der Waals surface area contributed by atoms with Gasteiger partial charge in [0.25, 0.3) is 0 Å². The molecule has 3 aromatic rings. The molecule has 0 saturated heterocycles. The summed E-state index contributed by atoms with van der Waals surface area (Å²) in [5.74, 6) is -0.303. The predicted octanol–water partition coefficient (Wildman–Crippen LogP) is 4.26. The van der Waals surface area contributed by atoms with E-state index in [1.807, 2.05) is 12.3 Å². The summed E-state index contributed by atoms with van der Waals surface area (Å²) in [4.78, 5) is 33.2. The average molecular weight is 447 g/mol. The number of carbonyl (C=O) groups excluding carboxylic acids is 2. The largest absolute Gasteiger partial charge is 0.369 e. The Balaban J connectivity index is 1.62. The average Bonchev–Trinajstić information content (AvgIpc) is 3.19. The number of aryl methyl sites for hydroxylation is 4. The van der Waals surface area contributed by atoms with E-state index in [0.29, 0.717) is 5.13 Å². The third kappa shape index (κ3) is 5.43. The number of thioether (sulfide) groups is 1. The van der Waals surface area contributed by atoms with Gasteiger partial charge in [0.15, 0.2) is 9.47 Å². The molecule has 2 aromatic heterocycles. The fourth-order valence-electron chi connectivity index (χ4n) is 3.10. The van der Waals surface area contributed by atoms with Crippen LogP contribution in [0, 0.1) is 27.7 Å². The van der Waals surface area contributed by atoms with Crippen LogP contribution in [0.5, 0.6) is 0 Å². The lowest BCUT2D eigenvalue weighted by molar-refractivity contribution is -0.117. The van der Waals surface area contributed by atoms with E-state index in [9.17, 15) is 9.59 Å². The van der Waals surface area contributed by atoms with Crippen molar-refractivity contribution in [3.05, 3.63) is 44.8 Å². The van der Waals surface area contributed by atoms with E-state index in [-0.39, 0.29) is 24.0 Å². The molecule has 2 heterocycles. The Morgan fingerprint density at radius 3 is 2.48 bits per heavy atom. The number of thiazole rings is 2. The van der Waals surface area contributed by atoms with Gasteiger partial charge in [-0.1, -0.05) is 29.5 Å². The lowest BCUT2D eigenvalue weighted by Crippen LogP contribution is -2.13. The second kappa shape index (κ2) is 9.06. The Labute approximate surface area is 182 Å². The number of hydrogen-bond donors (Lipinski definition) is 2. The Kier molecular flexibility index (Phi) is 6.71. The minimum atomic E-state index is -0.385. The molecule has 0 saturated carbocycles. The molecule has 0 spiro atoms. The van der Waals surface area contributed by atoms with Gasteiger partial charge in [-0.25, -0.2) is 9.97 Å². The van der Waals surface area contributed by atoms with Crippen LogP contribution in [0.15, 0.2) is 21.9 Å². The van der Waals surface area contributed by atoms with Crippen molar-refractivity contribution < 1.29 is 9.59 Å². The molecular weight excluding hydrogens is 424 g/mol. The van der Waals surface area contributed by atoms with Gasteiger partial charge in [-0.05, 0) is 38.8 Å². The Morgan fingerprint density at radius 2 is 1.83 bits per heavy atom. The van der Waals surface area contributed by atoms with E-state index in [0.717, 1.165) is 26.2 Å². The Bertz CT molecular complexity index is 1050. The standard InChI is InChI=1S/C20H22N4O2S3/c1-10-5-11(2)18(12(3)6-10)14-8-27-19(23-14)24-17(26)9-28-20-22-13(4)15(29-20)7-16(21)25/h5-6,8H,7,9H2,1-4H3,(H2,21,25)(H,23,24,26). The van der Waals surface area contributed by atoms with Gasteiger partial charge in [0.1, 0.15) is 0 Å². The summed E-state index contributed by atoms with van der Waals surface area (Å²) in [6.45, 7) is 8.07. The predicted molar refractivity (Wildman–Crippen MR) is 121 cm³/mol. The Morgan fingerprint density at radius 1 is 1.14 bits per heavy atom. The van der Waals surface area contributed by atoms with Gasteiger partial charge in [-0.15, -0.1) is 22.7 Å². The first kappa shape index (κ1) is 21.5. The second-order valence-electron chi connectivity index (χ2n) is 6.78. The number of amides is 2. The first-order valence-electron chi connectivity index (χ1n) is 8.94. The molecule has 29 heavy (non-hydrogen) atoms. The quantitative estimate of drug-likeness (QED) is 0.529. The minimum Gasteiger partial charge on any atom is -0.369 e. The molecule has 0 aliphatic carbocycles. The summed E-state index contributed by atoms with van der Waals surface area (Å²) >= 11 is 4.15. The molecule has 2 amide bonds. The summed E-state index contributed by atoms with van der Waals surface area (Å²) in [5, 5.41) is 5.40. The molecule has 0 unspecified atom stereocenters. The van der Waals surface area contributed by atoms with Crippen molar-refractivity contribution in [1.82, 2.24) is 9.97 Å². The lowest BCUT2D eigenvalue weighted by Gasteiger charge is -2.08. The molecule has 0 fully saturated rings. The van der Waals surface area contributed by atoms with Crippen molar-refractivity contribution in [2.45, 2.75) is 38.5 Å². The van der Waals surface area contributed by atoms with Gasteiger partial charge in [0.2, 0.25) is 11.8 Å². The zero-order valence-electron chi connectivity index (χ0n) is 16.7.